The van der Waals surface area contributed by atoms with Crippen LogP contribution in [0.4, 0.5) is 5.82 Å². The van der Waals surface area contributed by atoms with Gasteiger partial charge in [-0.15, -0.1) is 0 Å². The summed E-state index contributed by atoms with van der Waals surface area (Å²) in [5, 5.41) is 3.21. The van der Waals surface area contributed by atoms with Crippen LogP contribution in [-0.2, 0) is 4.74 Å². The van der Waals surface area contributed by atoms with Gasteiger partial charge in [0.05, 0.1) is 6.10 Å². The number of anilines is 1. The predicted octanol–water partition coefficient (Wildman–Crippen LogP) is 1.17. The van der Waals surface area contributed by atoms with Crippen LogP contribution < -0.4 is 10.9 Å². The fourth-order valence-corrected chi connectivity index (χ4v) is 2.23. The Balaban J connectivity index is 1.71. The van der Waals surface area contributed by atoms with Gasteiger partial charge in [-0.25, -0.2) is 4.98 Å². The quantitative estimate of drug-likeness (QED) is 0.851. The van der Waals surface area contributed by atoms with E-state index in [1.165, 1.54) is 0 Å². The molecule has 0 radical (unpaired) electrons. The Morgan fingerprint density at radius 2 is 2.24 bits per heavy atom. The lowest BCUT2D eigenvalue weighted by Crippen LogP contribution is -2.42. The minimum Gasteiger partial charge on any atom is -0.381 e. The molecule has 2 fully saturated rings. The third-order valence-electron chi connectivity index (χ3n) is 3.58. The number of hydrogen-bond donors (Lipinski definition) is 1. The molecule has 2 aliphatic carbocycles. The minimum atomic E-state index is 0.0101. The molecule has 2 saturated carbocycles. The smallest absolute Gasteiger partial charge is 0.293 e. The second kappa shape index (κ2) is 4.14. The maximum atomic E-state index is 12.1. The topological polar surface area (TPSA) is 56.1 Å². The lowest BCUT2D eigenvalue weighted by Gasteiger charge is -2.34. The molecule has 5 heteroatoms. The maximum Gasteiger partial charge on any atom is 0.293 e. The SMILES string of the molecule is COC1CC(Nc2nccn(C3CC3)c2=O)C1. The highest BCUT2D eigenvalue weighted by Gasteiger charge is 2.30. The zero-order valence-electron chi connectivity index (χ0n) is 9.93. The number of ether oxygens (including phenoxy) is 1. The first-order chi connectivity index (χ1) is 8.28. The van der Waals surface area contributed by atoms with Crippen molar-refractivity contribution < 1.29 is 4.74 Å². The molecule has 5 nitrogen and oxygen atoms in total. The Labute approximate surface area is 99.8 Å². The van der Waals surface area contributed by atoms with Crippen LogP contribution in [-0.4, -0.2) is 28.8 Å². The average Bonchev–Trinajstić information content (AvgIpc) is 3.08. The van der Waals surface area contributed by atoms with E-state index < -0.39 is 0 Å². The first-order valence-corrected chi connectivity index (χ1v) is 6.14. The van der Waals surface area contributed by atoms with Crippen molar-refractivity contribution in [1.82, 2.24) is 9.55 Å². The summed E-state index contributed by atoms with van der Waals surface area (Å²) in [6.45, 7) is 0. The summed E-state index contributed by atoms with van der Waals surface area (Å²) in [5.74, 6) is 0.485. The van der Waals surface area contributed by atoms with E-state index in [1.807, 2.05) is 0 Å². The lowest BCUT2D eigenvalue weighted by molar-refractivity contribution is 0.0327. The van der Waals surface area contributed by atoms with Gasteiger partial charge in [0.15, 0.2) is 5.82 Å². The van der Waals surface area contributed by atoms with Gasteiger partial charge in [0.2, 0.25) is 0 Å². The normalized spacial score (nSPS) is 27.6. The molecule has 2 aliphatic rings. The van der Waals surface area contributed by atoms with Gasteiger partial charge in [0, 0.05) is 31.6 Å². The number of methoxy groups -OCH3 is 1. The summed E-state index contributed by atoms with van der Waals surface area (Å²) in [6, 6.07) is 0.731. The summed E-state index contributed by atoms with van der Waals surface area (Å²) in [7, 11) is 1.72. The molecule has 1 aromatic rings. The Morgan fingerprint density at radius 3 is 2.88 bits per heavy atom. The van der Waals surface area contributed by atoms with E-state index in [0.717, 1.165) is 25.7 Å². The standard InChI is InChI=1S/C12H17N3O2/c1-17-10-6-8(7-10)14-11-12(16)15(5-4-13-11)9-2-3-9/h4-5,8-10H,2-3,6-7H2,1H3,(H,13,14). The van der Waals surface area contributed by atoms with E-state index in [1.54, 1.807) is 24.1 Å². The Hall–Kier alpha value is -1.36. The Kier molecular flexibility index (Phi) is 2.63. The molecule has 0 spiro atoms. The molecule has 0 aliphatic heterocycles. The largest absolute Gasteiger partial charge is 0.381 e. The monoisotopic (exact) mass is 235 g/mol. The molecule has 92 valence electrons. The third-order valence-corrected chi connectivity index (χ3v) is 3.58. The summed E-state index contributed by atoms with van der Waals surface area (Å²) >= 11 is 0. The van der Waals surface area contributed by atoms with Gasteiger partial charge in [0.1, 0.15) is 0 Å². The van der Waals surface area contributed by atoms with E-state index in [4.69, 9.17) is 4.74 Å². The highest BCUT2D eigenvalue weighted by molar-refractivity contribution is 5.33. The predicted molar refractivity (Wildman–Crippen MR) is 64.2 cm³/mol. The van der Waals surface area contributed by atoms with Crippen LogP contribution in [0.3, 0.4) is 0 Å². The van der Waals surface area contributed by atoms with Gasteiger partial charge >= 0.3 is 0 Å². The van der Waals surface area contributed by atoms with E-state index >= 15 is 0 Å². The molecule has 17 heavy (non-hydrogen) atoms. The molecule has 0 unspecified atom stereocenters. The number of rotatable bonds is 4. The number of aromatic nitrogens is 2. The minimum absolute atomic E-state index is 0.0101. The van der Waals surface area contributed by atoms with E-state index in [0.29, 0.717) is 24.0 Å². The van der Waals surface area contributed by atoms with Crippen molar-refractivity contribution in [2.24, 2.45) is 0 Å². The van der Waals surface area contributed by atoms with E-state index in [-0.39, 0.29) is 5.56 Å². The van der Waals surface area contributed by atoms with Crippen molar-refractivity contribution >= 4 is 5.82 Å². The molecule has 3 rings (SSSR count). The van der Waals surface area contributed by atoms with Crippen LogP contribution in [0.2, 0.25) is 0 Å². The first-order valence-electron chi connectivity index (χ1n) is 6.14. The number of hydrogen-bond acceptors (Lipinski definition) is 4. The maximum absolute atomic E-state index is 12.1. The molecule has 1 heterocycles. The lowest BCUT2D eigenvalue weighted by atomic mass is 9.89. The van der Waals surface area contributed by atoms with E-state index in [9.17, 15) is 4.79 Å². The number of nitrogens with one attached hydrogen (secondary N) is 1. The molecule has 0 saturated heterocycles. The molecule has 0 atom stereocenters. The highest BCUT2D eigenvalue weighted by atomic mass is 16.5. The molecule has 0 aromatic carbocycles. The van der Waals surface area contributed by atoms with Gasteiger partial charge in [-0.1, -0.05) is 0 Å². The molecule has 1 N–H and O–H groups in total. The molecule has 1 aromatic heterocycles. The van der Waals surface area contributed by atoms with Crippen molar-refractivity contribution in [2.75, 3.05) is 12.4 Å². The fourth-order valence-electron chi connectivity index (χ4n) is 2.23. The van der Waals surface area contributed by atoms with Crippen LogP contribution in [0, 0.1) is 0 Å². The molecule has 0 amide bonds. The van der Waals surface area contributed by atoms with Crippen LogP contribution >= 0.6 is 0 Å². The summed E-state index contributed by atoms with van der Waals surface area (Å²) < 4.78 is 7.01. The van der Waals surface area contributed by atoms with E-state index in [2.05, 4.69) is 10.3 Å². The van der Waals surface area contributed by atoms with Crippen molar-refractivity contribution in [3.8, 4) is 0 Å². The summed E-state index contributed by atoms with van der Waals surface area (Å²) in [5.41, 5.74) is 0.0101. The van der Waals surface area contributed by atoms with Gasteiger partial charge < -0.3 is 14.6 Å². The van der Waals surface area contributed by atoms with Gasteiger partial charge in [-0.05, 0) is 25.7 Å². The van der Waals surface area contributed by atoms with Crippen molar-refractivity contribution in [2.45, 2.75) is 43.9 Å². The van der Waals surface area contributed by atoms with Gasteiger partial charge in [0.25, 0.3) is 5.56 Å². The number of nitrogens with zero attached hydrogens (tertiary/aromatic N) is 2. The van der Waals surface area contributed by atoms with Crippen LogP contribution in [0.25, 0.3) is 0 Å². The first kappa shape index (κ1) is 10.8. The van der Waals surface area contributed by atoms with Gasteiger partial charge in [-0.3, -0.25) is 4.79 Å². The summed E-state index contributed by atoms with van der Waals surface area (Å²) in [6.07, 6.45) is 7.95. The van der Waals surface area contributed by atoms with Crippen molar-refractivity contribution in [3.05, 3.63) is 22.7 Å². The average molecular weight is 235 g/mol. The van der Waals surface area contributed by atoms with Crippen molar-refractivity contribution in [3.63, 3.8) is 0 Å². The summed E-state index contributed by atoms with van der Waals surface area (Å²) in [4.78, 5) is 16.2. The Morgan fingerprint density at radius 1 is 1.47 bits per heavy atom. The van der Waals surface area contributed by atoms with Gasteiger partial charge in [-0.2, -0.15) is 0 Å². The van der Waals surface area contributed by atoms with Crippen LogP contribution in [0.5, 0.6) is 0 Å². The molecule has 0 bridgehead atoms. The zero-order chi connectivity index (χ0) is 11.8. The second-order valence-electron chi connectivity index (χ2n) is 4.89. The Bertz CT molecular complexity index is 461. The third kappa shape index (κ3) is 2.07. The molecular formula is C12H17N3O2. The van der Waals surface area contributed by atoms with Crippen LogP contribution in [0.15, 0.2) is 17.2 Å². The zero-order valence-corrected chi connectivity index (χ0v) is 9.93. The molecular weight excluding hydrogens is 218 g/mol. The highest BCUT2D eigenvalue weighted by Crippen LogP contribution is 2.33. The van der Waals surface area contributed by atoms with Crippen LogP contribution in [0.1, 0.15) is 31.7 Å². The second-order valence-corrected chi connectivity index (χ2v) is 4.89. The fraction of sp³-hybridized carbons (Fsp3) is 0.667. The van der Waals surface area contributed by atoms with Crippen molar-refractivity contribution in [1.29, 1.82) is 0 Å².